The molecule has 0 spiro atoms. The lowest BCUT2D eigenvalue weighted by Gasteiger charge is -2.25. The van der Waals surface area contributed by atoms with E-state index in [-0.39, 0.29) is 11.9 Å². The van der Waals surface area contributed by atoms with E-state index in [1.165, 1.54) is 11.3 Å². The molecule has 3 nitrogen and oxygen atoms in total. The van der Waals surface area contributed by atoms with E-state index >= 15 is 0 Å². The van der Waals surface area contributed by atoms with Crippen molar-refractivity contribution in [3.63, 3.8) is 0 Å². The highest BCUT2D eigenvalue weighted by molar-refractivity contribution is 5.95. The van der Waals surface area contributed by atoms with E-state index in [0.29, 0.717) is 0 Å². The van der Waals surface area contributed by atoms with Crippen LogP contribution in [0.5, 0.6) is 0 Å². The number of anilines is 1. The van der Waals surface area contributed by atoms with Gasteiger partial charge in [-0.05, 0) is 49.9 Å². The van der Waals surface area contributed by atoms with Crippen molar-refractivity contribution in [2.75, 3.05) is 18.9 Å². The van der Waals surface area contributed by atoms with E-state index in [2.05, 4.69) is 19.2 Å². The lowest BCUT2D eigenvalue weighted by molar-refractivity contribution is 0.0740. The third-order valence-electron chi connectivity index (χ3n) is 3.86. The van der Waals surface area contributed by atoms with Crippen molar-refractivity contribution in [3.8, 4) is 0 Å². The summed E-state index contributed by atoms with van der Waals surface area (Å²) in [6.45, 7) is 5.22. The number of benzene rings is 1. The first kappa shape index (κ1) is 12.9. The van der Waals surface area contributed by atoms with Crippen LogP contribution < -0.4 is 5.32 Å². The van der Waals surface area contributed by atoms with E-state index < -0.39 is 0 Å². The Bertz CT molecular complexity index is 442. The van der Waals surface area contributed by atoms with E-state index in [1.807, 2.05) is 30.1 Å². The molecule has 18 heavy (non-hydrogen) atoms. The molecule has 2 rings (SSSR count). The number of rotatable bonds is 3. The average molecular weight is 246 g/mol. The maximum Gasteiger partial charge on any atom is 0.253 e. The minimum Gasteiger partial charge on any atom is -0.385 e. The van der Waals surface area contributed by atoms with Crippen LogP contribution in [-0.4, -0.2) is 30.4 Å². The first-order chi connectivity index (χ1) is 8.63. The van der Waals surface area contributed by atoms with Crippen molar-refractivity contribution in [1.82, 2.24) is 4.90 Å². The highest BCUT2D eigenvalue weighted by atomic mass is 16.2. The van der Waals surface area contributed by atoms with Gasteiger partial charge in [0.15, 0.2) is 0 Å². The molecule has 1 aromatic rings. The smallest absolute Gasteiger partial charge is 0.253 e. The highest BCUT2D eigenvalue weighted by Gasteiger charge is 2.18. The molecule has 1 aromatic carbocycles. The van der Waals surface area contributed by atoms with Gasteiger partial charge in [-0.25, -0.2) is 0 Å². The van der Waals surface area contributed by atoms with E-state index in [4.69, 9.17) is 0 Å². The predicted molar refractivity (Wildman–Crippen MR) is 75.1 cm³/mol. The van der Waals surface area contributed by atoms with Crippen LogP contribution in [0.15, 0.2) is 18.2 Å². The van der Waals surface area contributed by atoms with Gasteiger partial charge in [0.25, 0.3) is 5.91 Å². The van der Waals surface area contributed by atoms with Crippen molar-refractivity contribution in [3.05, 3.63) is 29.3 Å². The number of carbonyl (C=O) groups excluding carboxylic acids is 1. The quantitative estimate of drug-likeness (QED) is 0.889. The Morgan fingerprint density at radius 3 is 3.00 bits per heavy atom. The molecule has 0 aliphatic carbocycles. The van der Waals surface area contributed by atoms with E-state index in [9.17, 15) is 4.79 Å². The Kier molecular flexibility index (Phi) is 3.90. The molecule has 1 aliphatic heterocycles. The maximum atomic E-state index is 12.3. The number of aryl methyl sites for hydroxylation is 1. The van der Waals surface area contributed by atoms with Crippen LogP contribution in [0.3, 0.4) is 0 Å². The Morgan fingerprint density at radius 2 is 2.28 bits per heavy atom. The highest BCUT2D eigenvalue weighted by Crippen LogP contribution is 2.23. The Morgan fingerprint density at radius 1 is 1.50 bits per heavy atom. The van der Waals surface area contributed by atoms with E-state index in [1.54, 1.807) is 0 Å². The molecule has 0 saturated heterocycles. The molecule has 1 N–H and O–H groups in total. The first-order valence-corrected chi connectivity index (χ1v) is 6.77. The fourth-order valence-corrected chi connectivity index (χ4v) is 2.29. The van der Waals surface area contributed by atoms with Gasteiger partial charge in [-0.15, -0.1) is 0 Å². The second kappa shape index (κ2) is 5.42. The minimum absolute atomic E-state index is 0.123. The van der Waals surface area contributed by atoms with Gasteiger partial charge in [0.2, 0.25) is 0 Å². The number of carbonyl (C=O) groups is 1. The standard InChI is InChI=1S/C15H22N2O/c1-4-11(2)17(3)15(18)13-7-8-14-12(10-13)6-5-9-16-14/h7-8,10-11,16H,4-6,9H2,1-3H3. The molecule has 1 unspecified atom stereocenters. The lowest BCUT2D eigenvalue weighted by atomic mass is 10.00. The summed E-state index contributed by atoms with van der Waals surface area (Å²) < 4.78 is 0. The van der Waals surface area contributed by atoms with Crippen LogP contribution >= 0.6 is 0 Å². The summed E-state index contributed by atoms with van der Waals surface area (Å²) in [6.07, 6.45) is 3.19. The summed E-state index contributed by atoms with van der Waals surface area (Å²) in [4.78, 5) is 14.2. The lowest BCUT2D eigenvalue weighted by Crippen LogP contribution is -2.34. The monoisotopic (exact) mass is 246 g/mol. The number of hydrogen-bond donors (Lipinski definition) is 1. The minimum atomic E-state index is 0.123. The third kappa shape index (κ3) is 2.50. The molecule has 0 fully saturated rings. The maximum absolute atomic E-state index is 12.3. The Hall–Kier alpha value is -1.51. The van der Waals surface area contributed by atoms with Crippen molar-refractivity contribution in [1.29, 1.82) is 0 Å². The second-order valence-electron chi connectivity index (χ2n) is 5.08. The normalized spacial score (nSPS) is 15.5. The number of nitrogens with zero attached hydrogens (tertiary/aromatic N) is 1. The zero-order valence-corrected chi connectivity index (χ0v) is 11.5. The van der Waals surface area contributed by atoms with Crippen LogP contribution in [-0.2, 0) is 6.42 Å². The zero-order chi connectivity index (χ0) is 13.1. The molecule has 1 atom stereocenters. The Labute approximate surface area is 109 Å². The molecular formula is C15H22N2O. The van der Waals surface area contributed by atoms with Crippen molar-refractivity contribution in [2.45, 2.75) is 39.2 Å². The third-order valence-corrected chi connectivity index (χ3v) is 3.86. The molecular weight excluding hydrogens is 224 g/mol. The van der Waals surface area contributed by atoms with Gasteiger partial charge in [0.1, 0.15) is 0 Å². The van der Waals surface area contributed by atoms with Crippen LogP contribution in [0.2, 0.25) is 0 Å². The van der Waals surface area contributed by atoms with Crippen LogP contribution in [0.1, 0.15) is 42.6 Å². The van der Waals surface area contributed by atoms with Gasteiger partial charge in [-0.3, -0.25) is 4.79 Å². The SMILES string of the molecule is CCC(C)N(C)C(=O)c1ccc2c(c1)CCCN2. The molecule has 0 radical (unpaired) electrons. The van der Waals surface area contributed by atoms with Crippen molar-refractivity contribution in [2.24, 2.45) is 0 Å². The van der Waals surface area contributed by atoms with Gasteiger partial charge in [0.05, 0.1) is 0 Å². The summed E-state index contributed by atoms with van der Waals surface area (Å²) in [5.74, 6) is 0.123. The first-order valence-electron chi connectivity index (χ1n) is 6.77. The molecule has 3 heteroatoms. The molecule has 98 valence electrons. The van der Waals surface area contributed by atoms with Gasteiger partial charge in [-0.1, -0.05) is 6.92 Å². The summed E-state index contributed by atoms with van der Waals surface area (Å²) in [7, 11) is 1.88. The summed E-state index contributed by atoms with van der Waals surface area (Å²) in [6, 6.07) is 6.29. The van der Waals surface area contributed by atoms with Crippen molar-refractivity contribution >= 4 is 11.6 Å². The number of amides is 1. The Balaban J connectivity index is 2.20. The average Bonchev–Trinajstić information content (AvgIpc) is 2.44. The molecule has 0 saturated carbocycles. The summed E-state index contributed by atoms with van der Waals surface area (Å²) in [5, 5.41) is 3.37. The topological polar surface area (TPSA) is 32.3 Å². The predicted octanol–water partition coefficient (Wildman–Crippen LogP) is 2.92. The van der Waals surface area contributed by atoms with Crippen molar-refractivity contribution < 1.29 is 4.79 Å². The number of fused-ring (bicyclic) bond motifs is 1. The number of nitrogens with one attached hydrogen (secondary N) is 1. The van der Waals surface area contributed by atoms with E-state index in [0.717, 1.165) is 31.4 Å². The second-order valence-corrected chi connectivity index (χ2v) is 5.08. The van der Waals surface area contributed by atoms with Gasteiger partial charge >= 0.3 is 0 Å². The molecule has 0 aromatic heterocycles. The number of hydrogen-bond acceptors (Lipinski definition) is 2. The largest absolute Gasteiger partial charge is 0.385 e. The van der Waals surface area contributed by atoms with Gasteiger partial charge in [-0.2, -0.15) is 0 Å². The van der Waals surface area contributed by atoms with Crippen LogP contribution in [0.25, 0.3) is 0 Å². The van der Waals surface area contributed by atoms with Gasteiger partial charge < -0.3 is 10.2 Å². The summed E-state index contributed by atoms with van der Waals surface area (Å²) in [5.41, 5.74) is 3.26. The molecule has 1 heterocycles. The fraction of sp³-hybridized carbons (Fsp3) is 0.533. The molecule has 0 bridgehead atoms. The molecule has 1 amide bonds. The van der Waals surface area contributed by atoms with Crippen LogP contribution in [0.4, 0.5) is 5.69 Å². The summed E-state index contributed by atoms with van der Waals surface area (Å²) >= 11 is 0. The fourth-order valence-electron chi connectivity index (χ4n) is 2.29. The molecule has 1 aliphatic rings. The van der Waals surface area contributed by atoms with Crippen LogP contribution in [0, 0.1) is 0 Å². The van der Waals surface area contributed by atoms with Gasteiger partial charge in [0, 0.05) is 30.9 Å². The zero-order valence-electron chi connectivity index (χ0n) is 11.5.